The van der Waals surface area contributed by atoms with Gasteiger partial charge in [0, 0.05) is 0 Å². The largest absolute Gasteiger partial charge is 0.486 e. The molecule has 3 nitrogen and oxygen atoms in total. The second-order valence-corrected chi connectivity index (χ2v) is 5.69. The third-order valence-electron chi connectivity index (χ3n) is 3.96. The molecule has 4 heteroatoms. The fourth-order valence-electron chi connectivity index (χ4n) is 2.74. The van der Waals surface area contributed by atoms with Gasteiger partial charge in [0.05, 0.1) is 6.10 Å². The van der Waals surface area contributed by atoms with E-state index < -0.39 is 11.2 Å². The molecule has 0 spiro atoms. The van der Waals surface area contributed by atoms with Crippen LogP contribution in [0.25, 0.3) is 0 Å². The maximum Gasteiger partial charge on any atom is 0.259 e. The average Bonchev–Trinajstić information content (AvgIpc) is 3.04. The summed E-state index contributed by atoms with van der Waals surface area (Å²) >= 11 is 0. The summed E-state index contributed by atoms with van der Waals surface area (Å²) in [6, 6.07) is 13.7. The zero-order chi connectivity index (χ0) is 16.1. The zero-order valence-corrected chi connectivity index (χ0v) is 12.8. The highest BCUT2D eigenvalue weighted by Gasteiger charge is 2.20. The first-order valence-electron chi connectivity index (χ1n) is 7.90. The van der Waals surface area contributed by atoms with Crippen LogP contribution in [0, 0.1) is 5.82 Å². The summed E-state index contributed by atoms with van der Waals surface area (Å²) in [5, 5.41) is 0. The predicted octanol–water partition coefficient (Wildman–Crippen LogP) is 4.09. The lowest BCUT2D eigenvalue weighted by molar-refractivity contribution is 0.192. The van der Waals surface area contributed by atoms with E-state index in [2.05, 4.69) is 0 Å². The van der Waals surface area contributed by atoms with E-state index in [1.807, 2.05) is 30.3 Å². The van der Waals surface area contributed by atoms with Crippen molar-refractivity contribution in [1.82, 2.24) is 0 Å². The molecule has 0 radical (unpaired) electrons. The van der Waals surface area contributed by atoms with Gasteiger partial charge in [0.25, 0.3) is 5.43 Å². The molecule has 0 saturated heterocycles. The van der Waals surface area contributed by atoms with Crippen molar-refractivity contribution in [2.45, 2.75) is 38.4 Å². The summed E-state index contributed by atoms with van der Waals surface area (Å²) < 4.78 is 25.3. The van der Waals surface area contributed by atoms with Crippen LogP contribution in [0.4, 0.5) is 4.39 Å². The highest BCUT2D eigenvalue weighted by Crippen LogP contribution is 2.29. The Bertz CT molecular complexity index is 709. The van der Waals surface area contributed by atoms with Gasteiger partial charge in [-0.3, -0.25) is 4.79 Å². The van der Waals surface area contributed by atoms with Crippen LogP contribution in [-0.4, -0.2) is 6.10 Å². The molecule has 0 N–H and O–H groups in total. The quantitative estimate of drug-likeness (QED) is 0.834. The Morgan fingerprint density at radius 2 is 1.74 bits per heavy atom. The van der Waals surface area contributed by atoms with Gasteiger partial charge in [-0.15, -0.1) is 0 Å². The number of rotatable bonds is 5. The van der Waals surface area contributed by atoms with Crippen molar-refractivity contribution in [3.8, 4) is 11.5 Å². The molecule has 0 aromatic heterocycles. The second-order valence-electron chi connectivity index (χ2n) is 5.69. The number of benzene rings is 1. The van der Waals surface area contributed by atoms with E-state index in [0.29, 0.717) is 5.75 Å². The van der Waals surface area contributed by atoms with E-state index in [9.17, 15) is 9.18 Å². The summed E-state index contributed by atoms with van der Waals surface area (Å²) in [5.74, 6) is -0.570. The third-order valence-corrected chi connectivity index (χ3v) is 3.96. The Labute approximate surface area is 134 Å². The first kappa shape index (κ1) is 15.5. The van der Waals surface area contributed by atoms with Crippen LogP contribution in [0.2, 0.25) is 0 Å². The van der Waals surface area contributed by atoms with Crippen molar-refractivity contribution in [1.29, 1.82) is 0 Å². The van der Waals surface area contributed by atoms with Crippen molar-refractivity contribution < 1.29 is 13.9 Å². The van der Waals surface area contributed by atoms with Crippen LogP contribution >= 0.6 is 0 Å². The van der Waals surface area contributed by atoms with Gasteiger partial charge in [-0.1, -0.05) is 36.4 Å². The molecule has 0 heterocycles. The van der Waals surface area contributed by atoms with Crippen molar-refractivity contribution in [3.63, 3.8) is 0 Å². The minimum absolute atomic E-state index is 0.0525. The van der Waals surface area contributed by atoms with Crippen LogP contribution in [0.5, 0.6) is 11.5 Å². The second kappa shape index (κ2) is 7.27. The van der Waals surface area contributed by atoms with Crippen LogP contribution in [0.15, 0.2) is 53.3 Å². The molecular formula is C19H19FO3. The van der Waals surface area contributed by atoms with E-state index in [1.165, 1.54) is 6.07 Å². The zero-order valence-electron chi connectivity index (χ0n) is 12.8. The van der Waals surface area contributed by atoms with E-state index in [-0.39, 0.29) is 18.5 Å². The molecule has 0 unspecified atom stereocenters. The van der Waals surface area contributed by atoms with E-state index in [0.717, 1.165) is 37.3 Å². The van der Waals surface area contributed by atoms with Crippen LogP contribution < -0.4 is 14.9 Å². The molecule has 2 aromatic rings. The molecule has 2 aromatic carbocycles. The van der Waals surface area contributed by atoms with E-state index in [1.54, 1.807) is 6.07 Å². The SMILES string of the molecule is O=c1c(F)cccc(OC2CCCC2)c1OCc1ccccc1. The fraction of sp³-hybridized carbons (Fsp3) is 0.316. The van der Waals surface area contributed by atoms with Gasteiger partial charge >= 0.3 is 0 Å². The minimum atomic E-state index is -0.839. The van der Waals surface area contributed by atoms with Gasteiger partial charge in [0.1, 0.15) is 6.61 Å². The maximum absolute atomic E-state index is 13.8. The molecule has 0 amide bonds. The van der Waals surface area contributed by atoms with Gasteiger partial charge < -0.3 is 9.47 Å². The van der Waals surface area contributed by atoms with Crippen molar-refractivity contribution in [2.75, 3.05) is 0 Å². The molecule has 0 aliphatic heterocycles. The van der Waals surface area contributed by atoms with Gasteiger partial charge in [0.15, 0.2) is 11.6 Å². The minimum Gasteiger partial charge on any atom is -0.486 e. The van der Waals surface area contributed by atoms with Crippen LogP contribution in [0.1, 0.15) is 31.2 Å². The van der Waals surface area contributed by atoms with Gasteiger partial charge in [-0.05, 0) is 43.4 Å². The molecule has 1 aliphatic rings. The highest BCUT2D eigenvalue weighted by atomic mass is 19.1. The molecule has 3 rings (SSSR count). The molecule has 0 bridgehead atoms. The average molecular weight is 314 g/mol. The summed E-state index contributed by atoms with van der Waals surface area (Å²) in [4.78, 5) is 12.2. The number of hydrogen-bond acceptors (Lipinski definition) is 3. The Kier molecular flexibility index (Phi) is 4.91. The molecule has 1 aliphatic carbocycles. The lowest BCUT2D eigenvalue weighted by Gasteiger charge is -2.15. The summed E-state index contributed by atoms with van der Waals surface area (Å²) in [6.07, 6.45) is 4.20. The Morgan fingerprint density at radius 1 is 1.00 bits per heavy atom. The Morgan fingerprint density at radius 3 is 2.48 bits per heavy atom. The van der Waals surface area contributed by atoms with Gasteiger partial charge in [-0.25, -0.2) is 4.39 Å². The van der Waals surface area contributed by atoms with Crippen molar-refractivity contribution in [2.24, 2.45) is 0 Å². The Balaban J connectivity index is 1.87. The molecule has 23 heavy (non-hydrogen) atoms. The molecule has 1 saturated carbocycles. The smallest absolute Gasteiger partial charge is 0.259 e. The monoisotopic (exact) mass is 314 g/mol. The molecule has 1 fully saturated rings. The summed E-state index contributed by atoms with van der Waals surface area (Å²) in [7, 11) is 0. The highest BCUT2D eigenvalue weighted by molar-refractivity contribution is 5.39. The van der Waals surface area contributed by atoms with Gasteiger partial charge in [-0.2, -0.15) is 0 Å². The standard InChI is InChI=1S/C19H19FO3/c20-16-11-6-12-17(23-15-9-4-5-10-15)19(18(16)21)22-13-14-7-2-1-3-8-14/h1-3,6-8,11-12,15H,4-5,9-10,13H2. The van der Waals surface area contributed by atoms with E-state index >= 15 is 0 Å². The fourth-order valence-corrected chi connectivity index (χ4v) is 2.74. The topological polar surface area (TPSA) is 35.5 Å². The summed E-state index contributed by atoms with van der Waals surface area (Å²) in [5.41, 5.74) is 0.143. The normalized spacial score (nSPS) is 14.7. The number of hydrogen-bond donors (Lipinski definition) is 0. The Hall–Kier alpha value is -2.36. The summed E-state index contributed by atoms with van der Waals surface area (Å²) in [6.45, 7) is 0.195. The maximum atomic E-state index is 13.8. The van der Waals surface area contributed by atoms with Crippen LogP contribution in [-0.2, 0) is 6.61 Å². The van der Waals surface area contributed by atoms with Crippen LogP contribution in [0.3, 0.4) is 0 Å². The predicted molar refractivity (Wildman–Crippen MR) is 86.3 cm³/mol. The lowest BCUT2D eigenvalue weighted by atomic mass is 10.2. The molecule has 0 atom stereocenters. The van der Waals surface area contributed by atoms with Gasteiger partial charge in [0.2, 0.25) is 5.75 Å². The number of halogens is 1. The number of ether oxygens (including phenoxy) is 2. The van der Waals surface area contributed by atoms with E-state index in [4.69, 9.17) is 9.47 Å². The first-order chi connectivity index (χ1) is 11.2. The molecule has 120 valence electrons. The van der Waals surface area contributed by atoms with Crippen molar-refractivity contribution in [3.05, 3.63) is 70.1 Å². The lowest BCUT2D eigenvalue weighted by Crippen LogP contribution is -2.15. The van der Waals surface area contributed by atoms with Crippen molar-refractivity contribution >= 4 is 0 Å². The molecular weight excluding hydrogens is 295 g/mol. The third kappa shape index (κ3) is 3.89. The first-order valence-corrected chi connectivity index (χ1v) is 7.90.